The number of hydrogen-bond donors (Lipinski definition) is 0. The van der Waals surface area contributed by atoms with Gasteiger partial charge < -0.3 is 9.47 Å². The highest BCUT2D eigenvalue weighted by Gasteiger charge is 2.22. The zero-order valence-corrected chi connectivity index (χ0v) is 16.5. The van der Waals surface area contributed by atoms with E-state index in [1.54, 1.807) is 6.92 Å². The lowest BCUT2D eigenvalue weighted by atomic mass is 10.2. The molecule has 30 heavy (non-hydrogen) atoms. The molecule has 0 bridgehead atoms. The molecule has 0 saturated heterocycles. The molecule has 9 heteroatoms. The first-order valence-electron chi connectivity index (χ1n) is 9.06. The zero-order valence-electron chi connectivity index (χ0n) is 16.5. The minimum absolute atomic E-state index is 0.0365. The van der Waals surface area contributed by atoms with E-state index in [1.807, 2.05) is 30.3 Å². The van der Waals surface area contributed by atoms with Crippen molar-refractivity contribution in [3.63, 3.8) is 0 Å². The summed E-state index contributed by atoms with van der Waals surface area (Å²) in [5.74, 6) is 0.334. The summed E-state index contributed by atoms with van der Waals surface area (Å²) in [6, 6.07) is 10.4. The highest BCUT2D eigenvalue weighted by Crippen LogP contribution is 2.16. The van der Waals surface area contributed by atoms with Crippen LogP contribution in [0.4, 0.5) is 4.39 Å². The molecule has 0 spiro atoms. The summed E-state index contributed by atoms with van der Waals surface area (Å²) in [7, 11) is 1.14. The van der Waals surface area contributed by atoms with Gasteiger partial charge in [-0.25, -0.2) is 19.0 Å². The fraction of sp³-hybridized carbons (Fsp3) is 0.238. The number of carbonyl (C=O) groups is 1. The fourth-order valence-corrected chi connectivity index (χ4v) is 2.84. The Bertz CT molecular complexity index is 1160. The number of ether oxygens (including phenoxy) is 2. The maximum Gasteiger partial charge on any atom is 0.352 e. The normalized spacial score (nSPS) is 10.6. The third-order valence-corrected chi connectivity index (χ3v) is 4.30. The Morgan fingerprint density at radius 2 is 2.00 bits per heavy atom. The molecule has 0 aliphatic carbocycles. The maximum absolute atomic E-state index is 14.7. The number of esters is 1. The molecule has 2 heterocycles. The average molecular weight is 410 g/mol. The highest BCUT2D eigenvalue weighted by molar-refractivity contribution is 5.91. The van der Waals surface area contributed by atoms with E-state index in [1.165, 1.54) is 4.57 Å². The Hall–Kier alpha value is -3.77. The first kappa shape index (κ1) is 21.0. The van der Waals surface area contributed by atoms with Crippen molar-refractivity contribution in [1.82, 2.24) is 19.3 Å². The summed E-state index contributed by atoms with van der Waals surface area (Å²) in [5.41, 5.74) is -0.00295. The van der Waals surface area contributed by atoms with Gasteiger partial charge in [0.1, 0.15) is 12.3 Å². The molecule has 8 nitrogen and oxygen atoms in total. The van der Waals surface area contributed by atoms with Crippen molar-refractivity contribution in [1.29, 1.82) is 0 Å². The predicted molar refractivity (Wildman–Crippen MR) is 105 cm³/mol. The van der Waals surface area contributed by atoms with Crippen molar-refractivity contribution in [2.45, 2.75) is 26.7 Å². The lowest BCUT2D eigenvalue weighted by molar-refractivity contribution is 0.0599. The van der Waals surface area contributed by atoms with Crippen LogP contribution in [0.1, 0.15) is 34.4 Å². The summed E-state index contributed by atoms with van der Waals surface area (Å²) in [6.45, 7) is 2.42. The second-order valence-corrected chi connectivity index (χ2v) is 6.16. The number of terminal acetylenes is 1. The van der Waals surface area contributed by atoms with Gasteiger partial charge in [0.05, 0.1) is 19.3 Å². The number of halogens is 1. The van der Waals surface area contributed by atoms with Crippen LogP contribution >= 0.6 is 0 Å². The predicted octanol–water partition coefficient (Wildman–Crippen LogP) is 2.07. The Labute approximate surface area is 171 Å². The lowest BCUT2D eigenvalue weighted by Crippen LogP contribution is -2.26. The SMILES string of the molecule is C#Cc1nc(-n2nc(COCc3ccccc3)n(CC)c2=O)c(F)cc1C(=O)OC. The van der Waals surface area contributed by atoms with E-state index in [2.05, 4.69) is 20.7 Å². The summed E-state index contributed by atoms with van der Waals surface area (Å²) >= 11 is 0. The molecule has 2 aromatic heterocycles. The smallest absolute Gasteiger partial charge is 0.352 e. The Morgan fingerprint density at radius 1 is 1.27 bits per heavy atom. The number of hydrogen-bond acceptors (Lipinski definition) is 6. The second kappa shape index (κ2) is 9.15. The van der Waals surface area contributed by atoms with Crippen LogP contribution in [0.5, 0.6) is 0 Å². The minimum atomic E-state index is -0.936. The van der Waals surface area contributed by atoms with E-state index < -0.39 is 23.3 Å². The number of carbonyl (C=O) groups excluding carboxylic acids is 1. The number of benzene rings is 1. The number of pyridine rings is 1. The maximum atomic E-state index is 14.7. The molecule has 3 rings (SSSR count). The van der Waals surface area contributed by atoms with E-state index in [0.29, 0.717) is 19.0 Å². The van der Waals surface area contributed by atoms with Crippen LogP contribution < -0.4 is 5.69 Å². The zero-order chi connectivity index (χ0) is 21.7. The molecule has 0 aliphatic heterocycles. The quantitative estimate of drug-likeness (QED) is 0.438. The third kappa shape index (κ3) is 4.14. The molecule has 0 aliphatic rings. The van der Waals surface area contributed by atoms with Gasteiger partial charge in [-0.2, -0.15) is 4.68 Å². The molecular formula is C21H19FN4O4. The Kier molecular flexibility index (Phi) is 6.39. The van der Waals surface area contributed by atoms with Gasteiger partial charge in [-0.3, -0.25) is 4.57 Å². The molecule has 0 radical (unpaired) electrons. The van der Waals surface area contributed by atoms with Crippen LogP contribution in [-0.2, 0) is 29.2 Å². The summed E-state index contributed by atoms with van der Waals surface area (Å²) in [5, 5.41) is 4.17. The van der Waals surface area contributed by atoms with Crippen molar-refractivity contribution in [2.24, 2.45) is 0 Å². The first-order valence-corrected chi connectivity index (χ1v) is 9.06. The molecule has 0 unspecified atom stereocenters. The standard InChI is InChI=1S/C21H19FN4O4/c1-4-17-15(20(27)29-3)11-16(22)19(23-17)26-21(28)25(5-2)18(24-26)13-30-12-14-9-7-6-8-10-14/h1,6-11H,5,12-13H2,2-3H3. The topological polar surface area (TPSA) is 88.2 Å². The molecule has 0 amide bonds. The van der Waals surface area contributed by atoms with Gasteiger partial charge in [-0.05, 0) is 24.5 Å². The number of nitrogens with zero attached hydrogens (tertiary/aromatic N) is 4. The molecule has 0 saturated carbocycles. The van der Waals surface area contributed by atoms with Crippen LogP contribution in [0.3, 0.4) is 0 Å². The third-order valence-electron chi connectivity index (χ3n) is 4.30. The largest absolute Gasteiger partial charge is 0.465 e. The van der Waals surface area contributed by atoms with E-state index in [4.69, 9.17) is 11.2 Å². The van der Waals surface area contributed by atoms with Gasteiger partial charge in [-0.1, -0.05) is 30.3 Å². The van der Waals surface area contributed by atoms with Crippen LogP contribution in [0.2, 0.25) is 0 Å². The Morgan fingerprint density at radius 3 is 2.63 bits per heavy atom. The van der Waals surface area contributed by atoms with Crippen molar-refractivity contribution >= 4 is 5.97 Å². The van der Waals surface area contributed by atoms with Crippen LogP contribution in [0, 0.1) is 18.2 Å². The van der Waals surface area contributed by atoms with E-state index >= 15 is 0 Å². The van der Waals surface area contributed by atoms with Gasteiger partial charge in [-0.15, -0.1) is 11.5 Å². The van der Waals surface area contributed by atoms with Gasteiger partial charge in [0, 0.05) is 6.54 Å². The molecule has 0 atom stereocenters. The van der Waals surface area contributed by atoms with Gasteiger partial charge in [0.25, 0.3) is 0 Å². The van der Waals surface area contributed by atoms with Crippen LogP contribution in [-0.4, -0.2) is 32.4 Å². The molecule has 0 fully saturated rings. The fourth-order valence-electron chi connectivity index (χ4n) is 2.84. The highest BCUT2D eigenvalue weighted by atomic mass is 19.1. The van der Waals surface area contributed by atoms with Crippen LogP contribution in [0.15, 0.2) is 41.2 Å². The van der Waals surface area contributed by atoms with Gasteiger partial charge >= 0.3 is 11.7 Å². The molecular weight excluding hydrogens is 391 g/mol. The molecule has 1 aromatic carbocycles. The van der Waals surface area contributed by atoms with Gasteiger partial charge in [0.2, 0.25) is 0 Å². The van der Waals surface area contributed by atoms with Crippen molar-refractivity contribution in [3.05, 3.63) is 75.3 Å². The lowest BCUT2D eigenvalue weighted by Gasteiger charge is -2.06. The second-order valence-electron chi connectivity index (χ2n) is 6.16. The van der Waals surface area contributed by atoms with E-state index in [0.717, 1.165) is 23.4 Å². The van der Waals surface area contributed by atoms with E-state index in [9.17, 15) is 14.0 Å². The monoisotopic (exact) mass is 410 g/mol. The van der Waals surface area contributed by atoms with Crippen molar-refractivity contribution < 1.29 is 18.7 Å². The molecule has 0 N–H and O–H groups in total. The van der Waals surface area contributed by atoms with Crippen molar-refractivity contribution in [2.75, 3.05) is 7.11 Å². The summed E-state index contributed by atoms with van der Waals surface area (Å²) < 4.78 is 27.0. The Balaban J connectivity index is 1.94. The number of rotatable bonds is 7. The van der Waals surface area contributed by atoms with Gasteiger partial charge in [0.15, 0.2) is 17.5 Å². The first-order chi connectivity index (χ1) is 14.5. The number of aromatic nitrogens is 4. The summed E-state index contributed by atoms with van der Waals surface area (Å²) in [4.78, 5) is 28.5. The molecule has 154 valence electrons. The number of methoxy groups -OCH3 is 1. The minimum Gasteiger partial charge on any atom is -0.465 e. The van der Waals surface area contributed by atoms with E-state index in [-0.39, 0.29) is 17.9 Å². The average Bonchev–Trinajstić information content (AvgIpc) is 3.08. The molecule has 3 aromatic rings. The summed E-state index contributed by atoms with van der Waals surface area (Å²) in [6.07, 6.45) is 5.38. The van der Waals surface area contributed by atoms with Crippen molar-refractivity contribution in [3.8, 4) is 18.2 Å². The van der Waals surface area contributed by atoms with Crippen LogP contribution in [0.25, 0.3) is 5.82 Å².